The number of amides is 1. The van der Waals surface area contributed by atoms with Crippen LogP contribution in [-0.2, 0) is 15.6 Å². The van der Waals surface area contributed by atoms with Crippen molar-refractivity contribution in [3.63, 3.8) is 0 Å². The number of para-hydroxylation sites is 1. The highest BCUT2D eigenvalue weighted by Crippen LogP contribution is 2.35. The first-order valence-corrected chi connectivity index (χ1v) is 7.39. The molecule has 2 atom stereocenters. The van der Waals surface area contributed by atoms with Crippen molar-refractivity contribution >= 4 is 28.1 Å². The number of ether oxygens (including phenoxy) is 1. The first-order chi connectivity index (χ1) is 8.61. The van der Waals surface area contributed by atoms with Crippen LogP contribution in [0.25, 0.3) is 0 Å². The van der Waals surface area contributed by atoms with E-state index in [1.54, 1.807) is 19.4 Å². The van der Waals surface area contributed by atoms with Crippen molar-refractivity contribution in [2.45, 2.75) is 12.5 Å². The minimum atomic E-state index is -0.891. The molecular formula is C12H16N2O3S. The van der Waals surface area contributed by atoms with Crippen molar-refractivity contribution in [1.29, 1.82) is 0 Å². The lowest BCUT2D eigenvalue weighted by atomic mass is 10.1. The third-order valence-electron chi connectivity index (χ3n) is 2.83. The maximum Gasteiger partial charge on any atom is 0.247 e. The minimum Gasteiger partial charge on any atom is -0.494 e. The molecule has 1 amide bonds. The summed E-state index contributed by atoms with van der Waals surface area (Å²) in [5.41, 5.74) is 1.50. The fraction of sp³-hybridized carbons (Fsp3) is 0.417. The van der Waals surface area contributed by atoms with Gasteiger partial charge < -0.3 is 15.4 Å². The normalized spacial score (nSPS) is 19.4. The van der Waals surface area contributed by atoms with E-state index in [1.165, 1.54) is 0 Å². The first kappa shape index (κ1) is 12.9. The number of hydrogen-bond acceptors (Lipinski definition) is 4. The minimum absolute atomic E-state index is 0.113. The summed E-state index contributed by atoms with van der Waals surface area (Å²) in [7, 11) is 0.673. The van der Waals surface area contributed by atoms with E-state index in [1.807, 2.05) is 12.1 Å². The monoisotopic (exact) mass is 268 g/mol. The highest BCUT2D eigenvalue weighted by atomic mass is 32.2. The van der Waals surface area contributed by atoms with Crippen LogP contribution >= 0.6 is 0 Å². The maximum absolute atomic E-state index is 11.9. The molecule has 1 aromatic carbocycles. The zero-order valence-electron chi connectivity index (χ0n) is 10.4. The van der Waals surface area contributed by atoms with E-state index >= 15 is 0 Å². The fourth-order valence-electron chi connectivity index (χ4n) is 1.90. The Labute approximate surface area is 108 Å². The van der Waals surface area contributed by atoms with Gasteiger partial charge >= 0.3 is 0 Å². The smallest absolute Gasteiger partial charge is 0.247 e. The van der Waals surface area contributed by atoms with Crippen LogP contribution in [0.1, 0.15) is 6.42 Å². The lowest BCUT2D eigenvalue weighted by molar-refractivity contribution is -0.117. The number of anilines is 2. The molecule has 98 valence electrons. The summed E-state index contributed by atoms with van der Waals surface area (Å²) in [4.78, 5) is 11.9. The molecule has 1 aliphatic rings. The third kappa shape index (κ3) is 2.64. The van der Waals surface area contributed by atoms with E-state index in [0.29, 0.717) is 23.6 Å². The molecule has 2 N–H and O–H groups in total. The number of benzene rings is 1. The predicted molar refractivity (Wildman–Crippen MR) is 72.6 cm³/mol. The van der Waals surface area contributed by atoms with Gasteiger partial charge in [0.25, 0.3) is 0 Å². The largest absolute Gasteiger partial charge is 0.494 e. The second kappa shape index (κ2) is 5.39. The van der Waals surface area contributed by atoms with E-state index in [-0.39, 0.29) is 11.9 Å². The Balaban J connectivity index is 2.18. The molecule has 0 bridgehead atoms. The standard InChI is InChI=1S/C12H16N2O3S/c1-17-10-5-3-4-8-11(10)14-12(15)9(13-8)6-7-18(2)16/h3-5,9,13H,6-7H2,1-2H3,(H,14,15). The van der Waals surface area contributed by atoms with Gasteiger partial charge in [0.2, 0.25) is 5.91 Å². The molecule has 2 rings (SSSR count). The zero-order chi connectivity index (χ0) is 13.1. The predicted octanol–water partition coefficient (Wildman–Crippen LogP) is 1.20. The number of nitrogens with one attached hydrogen (secondary N) is 2. The topological polar surface area (TPSA) is 67.4 Å². The van der Waals surface area contributed by atoms with E-state index in [2.05, 4.69) is 10.6 Å². The quantitative estimate of drug-likeness (QED) is 0.861. The molecule has 18 heavy (non-hydrogen) atoms. The second-order valence-electron chi connectivity index (χ2n) is 4.13. The number of fused-ring (bicyclic) bond motifs is 1. The molecule has 1 heterocycles. The molecule has 0 aromatic heterocycles. The molecule has 1 aromatic rings. The molecule has 1 aliphatic heterocycles. The number of methoxy groups -OCH3 is 1. The van der Waals surface area contributed by atoms with Crippen LogP contribution < -0.4 is 15.4 Å². The number of carbonyl (C=O) groups is 1. The van der Waals surface area contributed by atoms with Crippen LogP contribution in [0, 0.1) is 0 Å². The van der Waals surface area contributed by atoms with Crippen molar-refractivity contribution in [3.05, 3.63) is 18.2 Å². The van der Waals surface area contributed by atoms with Gasteiger partial charge in [0.1, 0.15) is 17.5 Å². The highest BCUT2D eigenvalue weighted by molar-refractivity contribution is 7.84. The van der Waals surface area contributed by atoms with Crippen molar-refractivity contribution in [2.24, 2.45) is 0 Å². The lowest BCUT2D eigenvalue weighted by Gasteiger charge is -2.27. The number of hydrogen-bond donors (Lipinski definition) is 2. The zero-order valence-corrected chi connectivity index (χ0v) is 11.2. The molecule has 5 nitrogen and oxygen atoms in total. The SMILES string of the molecule is COc1cccc2c1NC(=O)C(CCS(C)=O)N2. The summed E-state index contributed by atoms with van der Waals surface area (Å²) in [5.74, 6) is 1.02. The van der Waals surface area contributed by atoms with Crippen molar-refractivity contribution in [1.82, 2.24) is 0 Å². The Morgan fingerprint density at radius 1 is 1.44 bits per heavy atom. The lowest BCUT2D eigenvalue weighted by Crippen LogP contribution is -2.39. The van der Waals surface area contributed by atoms with Crippen LogP contribution in [0.3, 0.4) is 0 Å². The fourth-order valence-corrected chi connectivity index (χ4v) is 2.47. The molecule has 0 spiro atoms. The Bertz CT molecular complexity index is 490. The Morgan fingerprint density at radius 2 is 2.22 bits per heavy atom. The summed E-state index contributed by atoms with van der Waals surface area (Å²) in [5, 5.41) is 5.98. The average Bonchev–Trinajstić information content (AvgIpc) is 2.35. The Kier molecular flexibility index (Phi) is 3.86. The molecule has 0 fully saturated rings. The highest BCUT2D eigenvalue weighted by Gasteiger charge is 2.27. The van der Waals surface area contributed by atoms with Crippen LogP contribution in [0.15, 0.2) is 18.2 Å². The van der Waals surface area contributed by atoms with E-state index < -0.39 is 10.8 Å². The maximum atomic E-state index is 11.9. The van der Waals surface area contributed by atoms with Crippen LogP contribution in [-0.4, -0.2) is 35.3 Å². The van der Waals surface area contributed by atoms with Crippen LogP contribution in [0.4, 0.5) is 11.4 Å². The number of rotatable bonds is 4. The summed E-state index contributed by atoms with van der Waals surface area (Å²) in [6, 6.07) is 5.19. The number of carbonyl (C=O) groups excluding carboxylic acids is 1. The summed E-state index contributed by atoms with van der Waals surface area (Å²) in [6.07, 6.45) is 2.18. The molecule has 6 heteroatoms. The van der Waals surface area contributed by atoms with Gasteiger partial charge in [-0.25, -0.2) is 0 Å². The third-order valence-corrected chi connectivity index (χ3v) is 3.65. The van der Waals surface area contributed by atoms with Gasteiger partial charge in [0.15, 0.2) is 0 Å². The van der Waals surface area contributed by atoms with Crippen LogP contribution in [0.5, 0.6) is 5.75 Å². The first-order valence-electron chi connectivity index (χ1n) is 5.66. The average molecular weight is 268 g/mol. The summed E-state index contributed by atoms with van der Waals surface area (Å²) in [6.45, 7) is 0. The van der Waals surface area contributed by atoms with Crippen LogP contribution in [0.2, 0.25) is 0 Å². The van der Waals surface area contributed by atoms with Gasteiger partial charge in [-0.05, 0) is 18.6 Å². The summed E-state index contributed by atoms with van der Waals surface area (Å²) < 4.78 is 16.3. The van der Waals surface area contributed by atoms with Gasteiger partial charge in [-0.2, -0.15) is 0 Å². The van der Waals surface area contributed by atoms with Gasteiger partial charge in [-0.3, -0.25) is 9.00 Å². The Morgan fingerprint density at radius 3 is 2.89 bits per heavy atom. The van der Waals surface area contributed by atoms with Gasteiger partial charge in [0.05, 0.1) is 12.8 Å². The van der Waals surface area contributed by atoms with Gasteiger partial charge in [0, 0.05) is 22.8 Å². The molecule has 0 saturated carbocycles. The molecule has 0 radical (unpaired) electrons. The molecule has 2 unspecified atom stereocenters. The van der Waals surface area contributed by atoms with E-state index in [9.17, 15) is 9.00 Å². The van der Waals surface area contributed by atoms with E-state index in [4.69, 9.17) is 4.74 Å². The molecule has 0 aliphatic carbocycles. The summed E-state index contributed by atoms with van der Waals surface area (Å²) >= 11 is 0. The Hall–Kier alpha value is -1.56. The molecular weight excluding hydrogens is 252 g/mol. The van der Waals surface area contributed by atoms with Gasteiger partial charge in [-0.1, -0.05) is 6.07 Å². The van der Waals surface area contributed by atoms with Gasteiger partial charge in [-0.15, -0.1) is 0 Å². The van der Waals surface area contributed by atoms with Crippen molar-refractivity contribution in [2.75, 3.05) is 29.8 Å². The van der Waals surface area contributed by atoms with Crippen molar-refractivity contribution < 1.29 is 13.7 Å². The van der Waals surface area contributed by atoms with Crippen molar-refractivity contribution in [3.8, 4) is 5.75 Å². The van der Waals surface area contributed by atoms with E-state index in [0.717, 1.165) is 5.69 Å². The molecule has 0 saturated heterocycles. The second-order valence-corrected chi connectivity index (χ2v) is 5.69.